The molecule has 1 aromatic carbocycles. The van der Waals surface area contributed by atoms with Crippen LogP contribution in [0.3, 0.4) is 0 Å². The molecule has 4 N–H and O–H groups in total. The van der Waals surface area contributed by atoms with Crippen LogP contribution < -0.4 is 21.3 Å². The van der Waals surface area contributed by atoms with E-state index < -0.39 is 121 Å². The van der Waals surface area contributed by atoms with Crippen molar-refractivity contribution in [3.63, 3.8) is 0 Å². The van der Waals surface area contributed by atoms with Gasteiger partial charge in [-0.15, -0.1) is 0 Å². The van der Waals surface area contributed by atoms with Crippen LogP contribution in [0.5, 0.6) is 0 Å². The van der Waals surface area contributed by atoms with Crippen LogP contribution >= 0.6 is 23.2 Å². The molecule has 14 nitrogen and oxygen atoms in total. The van der Waals surface area contributed by atoms with Crippen molar-refractivity contribution >= 4 is 64.6 Å². The van der Waals surface area contributed by atoms with E-state index in [1.165, 1.54) is 23.9 Å². The number of hydrogen-bond acceptors (Lipinski definition) is 7. The molecule has 3 saturated carbocycles. The molecule has 6 rings (SSSR count). The Labute approximate surface area is 387 Å². The standard InChI is InChI=1S/C45H61Cl2F4N7O7/c1-25(2)19-31-39(62)57(4)34(22-27-21-28(46)12-13-30(27)47)38(61)55-44(16-17-44)41(64)52-18-6-5-11-33(36(59)53-31)56(3)40(63)32(20-26-9-7-10-26)54-37(60)35-23-29(48)24-58(35)42(65)43(14-8-15-43)45(49,50)51/h12-13,21,25-26,29,31-35H,5-11,14-20,22-24H2,1-4H3,(H,52,64)(H,53,59)(H,54,60)(H,55,61)/t29-,31+,32+,33+,34+,35+/m1/s1. The second-order valence-corrected chi connectivity index (χ2v) is 20.1. The summed E-state index contributed by atoms with van der Waals surface area (Å²) in [6.45, 7) is 3.19. The molecule has 2 saturated heterocycles. The number of hydrogen-bond donors (Lipinski definition) is 4. The van der Waals surface area contributed by atoms with E-state index in [0.717, 1.165) is 19.3 Å². The lowest BCUT2D eigenvalue weighted by atomic mass is 9.67. The zero-order valence-corrected chi connectivity index (χ0v) is 38.9. The number of amides is 7. The van der Waals surface area contributed by atoms with Gasteiger partial charge in [0.15, 0.2) is 0 Å². The molecule has 20 heteroatoms. The van der Waals surface area contributed by atoms with Crippen LogP contribution in [0.4, 0.5) is 17.6 Å². The maximum atomic E-state index is 15.0. The maximum Gasteiger partial charge on any atom is 0.403 e. The number of halogens is 6. The minimum absolute atomic E-state index is 0.00362. The molecule has 7 amide bonds. The number of likely N-dealkylation sites (tertiary alicyclic amines) is 1. The van der Waals surface area contributed by atoms with Crippen molar-refractivity contribution in [1.29, 1.82) is 0 Å². The Morgan fingerprint density at radius 3 is 2.23 bits per heavy atom. The summed E-state index contributed by atoms with van der Waals surface area (Å²) in [4.78, 5) is 102. The van der Waals surface area contributed by atoms with Crippen LogP contribution in [0.1, 0.15) is 109 Å². The van der Waals surface area contributed by atoms with Crippen molar-refractivity contribution in [1.82, 2.24) is 36.0 Å². The summed E-state index contributed by atoms with van der Waals surface area (Å²) in [7, 11) is 2.81. The normalized spacial score (nSPS) is 27.0. The monoisotopic (exact) mass is 957 g/mol. The third kappa shape index (κ3) is 11.2. The lowest BCUT2D eigenvalue weighted by Gasteiger charge is -2.44. The predicted octanol–water partition coefficient (Wildman–Crippen LogP) is 5.02. The van der Waals surface area contributed by atoms with Gasteiger partial charge in [0.2, 0.25) is 41.4 Å². The van der Waals surface area contributed by atoms with Crippen molar-refractivity contribution in [2.45, 2.75) is 158 Å². The molecule has 0 radical (unpaired) electrons. The fourth-order valence-corrected chi connectivity index (χ4v) is 9.88. The van der Waals surface area contributed by atoms with Crippen LogP contribution in [0.25, 0.3) is 0 Å². The fraction of sp³-hybridized carbons (Fsp3) is 0.711. The van der Waals surface area contributed by atoms with Gasteiger partial charge in [-0.2, -0.15) is 13.2 Å². The quantitative estimate of drug-likeness (QED) is 0.225. The highest BCUT2D eigenvalue weighted by atomic mass is 35.5. The van der Waals surface area contributed by atoms with E-state index in [1.807, 2.05) is 13.8 Å². The van der Waals surface area contributed by atoms with E-state index in [4.69, 9.17) is 23.2 Å². The van der Waals surface area contributed by atoms with Crippen molar-refractivity contribution in [2.75, 3.05) is 27.2 Å². The van der Waals surface area contributed by atoms with Crippen LogP contribution in [0.2, 0.25) is 10.0 Å². The van der Waals surface area contributed by atoms with E-state index in [1.54, 1.807) is 18.2 Å². The molecule has 2 heterocycles. The van der Waals surface area contributed by atoms with Crippen molar-refractivity contribution in [2.24, 2.45) is 17.3 Å². The molecular formula is C45H61Cl2F4N7O7. The lowest BCUT2D eigenvalue weighted by Crippen LogP contribution is -2.61. The van der Waals surface area contributed by atoms with Gasteiger partial charge in [-0.3, -0.25) is 33.6 Å². The Bertz CT molecular complexity index is 2000. The number of nitrogens with zero attached hydrogens (tertiary/aromatic N) is 3. The molecule has 0 unspecified atom stereocenters. The van der Waals surface area contributed by atoms with Crippen LogP contribution in [0, 0.1) is 17.3 Å². The zero-order valence-electron chi connectivity index (χ0n) is 37.3. The van der Waals surface area contributed by atoms with Crippen LogP contribution in [0.15, 0.2) is 18.2 Å². The molecule has 6 atom stereocenters. The molecule has 5 fully saturated rings. The second kappa shape index (κ2) is 20.4. The van der Waals surface area contributed by atoms with Crippen molar-refractivity contribution in [3.8, 4) is 0 Å². The number of carbonyl (C=O) groups is 7. The average Bonchev–Trinajstić information content (AvgIpc) is 3.87. The molecule has 65 heavy (non-hydrogen) atoms. The van der Waals surface area contributed by atoms with E-state index in [-0.39, 0.29) is 50.5 Å². The Hall–Kier alpha value is -4.19. The minimum Gasteiger partial charge on any atom is -0.354 e. The highest BCUT2D eigenvalue weighted by molar-refractivity contribution is 6.33. The number of carbonyl (C=O) groups excluding carboxylic acids is 7. The van der Waals surface area contributed by atoms with Gasteiger partial charge in [0.05, 0.1) is 6.54 Å². The van der Waals surface area contributed by atoms with Gasteiger partial charge in [0.1, 0.15) is 47.3 Å². The fourth-order valence-electron chi connectivity index (χ4n) is 9.49. The highest BCUT2D eigenvalue weighted by Gasteiger charge is 2.66. The summed E-state index contributed by atoms with van der Waals surface area (Å²) in [6.07, 6.45) is -3.91. The van der Waals surface area contributed by atoms with Crippen LogP contribution in [-0.4, -0.2) is 131 Å². The molecule has 1 spiro atoms. The smallest absolute Gasteiger partial charge is 0.354 e. The van der Waals surface area contributed by atoms with Gasteiger partial charge in [-0.25, -0.2) is 4.39 Å². The number of likely N-dealkylation sites (N-methyl/N-ethyl adjacent to an activating group) is 2. The van der Waals surface area contributed by atoms with E-state index in [9.17, 15) is 51.1 Å². The third-order valence-corrected chi connectivity index (χ3v) is 14.7. The van der Waals surface area contributed by atoms with Crippen molar-refractivity contribution < 1.29 is 51.1 Å². The molecular weight excluding hydrogens is 897 g/mol. The summed E-state index contributed by atoms with van der Waals surface area (Å²) in [5.41, 5.74) is -3.41. The van der Waals surface area contributed by atoms with Crippen molar-refractivity contribution in [3.05, 3.63) is 33.8 Å². The first-order valence-corrected chi connectivity index (χ1v) is 23.5. The number of rotatable bonds is 11. The number of alkyl halides is 4. The molecule has 0 bridgehead atoms. The van der Waals surface area contributed by atoms with E-state index >= 15 is 0 Å². The SMILES string of the molecule is CC(C)C[C@@H]1NC(=O)[C@@H](N(C)C(=O)[C@H](CC2CCC2)NC(=O)[C@@H]2C[C@@H](F)CN2C(=O)C2(C(F)(F)F)CCC2)CCCCNC(=O)C2(CC2)NC(=O)[C@H](Cc2cc(Cl)ccc2Cl)N(C)C1=O. The summed E-state index contributed by atoms with van der Waals surface area (Å²) in [6, 6.07) is -1.75. The predicted molar refractivity (Wildman–Crippen MR) is 233 cm³/mol. The van der Waals surface area contributed by atoms with Gasteiger partial charge in [0, 0.05) is 43.5 Å². The maximum absolute atomic E-state index is 15.0. The minimum atomic E-state index is -4.89. The van der Waals surface area contributed by atoms with Gasteiger partial charge in [0.25, 0.3) is 0 Å². The van der Waals surface area contributed by atoms with E-state index in [0.29, 0.717) is 46.2 Å². The van der Waals surface area contributed by atoms with Crippen LogP contribution in [-0.2, 0) is 40.0 Å². The summed E-state index contributed by atoms with van der Waals surface area (Å²) >= 11 is 12.8. The molecule has 0 aromatic heterocycles. The van der Waals surface area contributed by atoms with Gasteiger partial charge >= 0.3 is 6.18 Å². The topological polar surface area (TPSA) is 177 Å². The largest absolute Gasteiger partial charge is 0.403 e. The Balaban J connectivity index is 1.27. The third-order valence-electron chi connectivity index (χ3n) is 14.1. The zero-order chi connectivity index (χ0) is 47.6. The van der Waals surface area contributed by atoms with E-state index in [2.05, 4.69) is 21.3 Å². The molecule has 360 valence electrons. The Morgan fingerprint density at radius 2 is 1.65 bits per heavy atom. The molecule has 5 aliphatic rings. The molecule has 2 aliphatic heterocycles. The lowest BCUT2D eigenvalue weighted by molar-refractivity contribution is -0.248. The Morgan fingerprint density at radius 1 is 0.954 bits per heavy atom. The molecule has 1 aromatic rings. The summed E-state index contributed by atoms with van der Waals surface area (Å²) in [5.74, 6) is -5.47. The van der Waals surface area contributed by atoms with Gasteiger partial charge in [-0.1, -0.05) is 62.7 Å². The summed E-state index contributed by atoms with van der Waals surface area (Å²) < 4.78 is 57.6. The second-order valence-electron chi connectivity index (χ2n) is 19.2. The summed E-state index contributed by atoms with van der Waals surface area (Å²) in [5, 5.41) is 11.9. The number of nitrogens with one attached hydrogen (secondary N) is 4. The van der Waals surface area contributed by atoms with Gasteiger partial charge in [-0.05, 0) is 93.4 Å². The first-order valence-electron chi connectivity index (χ1n) is 22.8. The average molecular weight is 959 g/mol. The first kappa shape index (κ1) is 50.2. The molecule has 3 aliphatic carbocycles. The highest BCUT2D eigenvalue weighted by Crippen LogP contribution is 2.54. The Kier molecular flexibility index (Phi) is 15.7. The first-order chi connectivity index (χ1) is 30.6. The number of benzene rings is 1. The van der Waals surface area contributed by atoms with Gasteiger partial charge < -0.3 is 36.0 Å².